The number of nitro benzene ring substituents is 1. The molecule has 0 fully saturated rings. The number of carbonyl (C=O) groups is 1. The Morgan fingerprint density at radius 2 is 2.00 bits per heavy atom. The summed E-state index contributed by atoms with van der Waals surface area (Å²) in [6, 6.07) is 13.1. The number of methoxy groups -OCH3 is 1. The molecule has 0 atom stereocenters. The summed E-state index contributed by atoms with van der Waals surface area (Å²) in [5, 5.41) is 13.6. The third-order valence-corrected chi connectivity index (χ3v) is 3.70. The minimum Gasteiger partial charge on any atom is -0.497 e. The van der Waals surface area contributed by atoms with E-state index in [9.17, 15) is 14.9 Å². The highest BCUT2D eigenvalue weighted by molar-refractivity contribution is 6.00. The van der Waals surface area contributed by atoms with Crippen LogP contribution in [0.4, 0.5) is 16.2 Å². The van der Waals surface area contributed by atoms with Crippen LogP contribution in [0.3, 0.4) is 0 Å². The van der Waals surface area contributed by atoms with Gasteiger partial charge in [-0.05, 0) is 18.2 Å². The molecular formula is C17H15N3O4. The van der Waals surface area contributed by atoms with E-state index in [1.165, 1.54) is 12.1 Å². The molecule has 0 aromatic heterocycles. The van der Waals surface area contributed by atoms with Crippen molar-refractivity contribution in [2.75, 3.05) is 18.6 Å². The van der Waals surface area contributed by atoms with E-state index >= 15 is 0 Å². The Kier molecular flexibility index (Phi) is 4.15. The smallest absolute Gasteiger partial charge is 0.326 e. The van der Waals surface area contributed by atoms with Crippen molar-refractivity contribution in [3.63, 3.8) is 0 Å². The van der Waals surface area contributed by atoms with Gasteiger partial charge in [-0.1, -0.05) is 18.2 Å². The Morgan fingerprint density at radius 3 is 2.71 bits per heavy atom. The van der Waals surface area contributed by atoms with Gasteiger partial charge in [0.15, 0.2) is 0 Å². The molecule has 0 bridgehead atoms. The molecule has 2 amide bonds. The number of non-ortho nitro benzene ring substituents is 1. The third kappa shape index (κ3) is 3.05. The maximum Gasteiger partial charge on any atom is 0.326 e. The Balaban J connectivity index is 1.86. The summed E-state index contributed by atoms with van der Waals surface area (Å²) < 4.78 is 5.17. The predicted molar refractivity (Wildman–Crippen MR) is 89.9 cm³/mol. The number of benzene rings is 2. The number of nitrogens with one attached hydrogen (secondary N) is 1. The number of nitro groups is 1. The van der Waals surface area contributed by atoms with Gasteiger partial charge >= 0.3 is 6.03 Å². The van der Waals surface area contributed by atoms with Crippen molar-refractivity contribution in [2.45, 2.75) is 0 Å². The third-order valence-electron chi connectivity index (χ3n) is 3.70. The maximum atomic E-state index is 12.4. The first kappa shape index (κ1) is 15.5. The van der Waals surface area contributed by atoms with Gasteiger partial charge in [0.2, 0.25) is 0 Å². The Hall–Kier alpha value is -3.35. The van der Waals surface area contributed by atoms with Gasteiger partial charge in [-0.3, -0.25) is 15.0 Å². The molecule has 122 valence electrons. The van der Waals surface area contributed by atoms with Crippen LogP contribution >= 0.6 is 0 Å². The highest BCUT2D eigenvalue weighted by Gasteiger charge is 2.22. The summed E-state index contributed by atoms with van der Waals surface area (Å²) >= 11 is 0. The van der Waals surface area contributed by atoms with Crippen LogP contribution in [0.1, 0.15) is 5.56 Å². The lowest BCUT2D eigenvalue weighted by molar-refractivity contribution is -0.384. The summed E-state index contributed by atoms with van der Waals surface area (Å²) in [7, 11) is 1.57. The van der Waals surface area contributed by atoms with Crippen LogP contribution in [-0.2, 0) is 0 Å². The summed E-state index contributed by atoms with van der Waals surface area (Å²) in [5.41, 5.74) is 1.85. The molecule has 0 unspecified atom stereocenters. The summed E-state index contributed by atoms with van der Waals surface area (Å²) in [4.78, 5) is 24.4. The first-order valence-corrected chi connectivity index (χ1v) is 7.26. The lowest BCUT2D eigenvalue weighted by Gasteiger charge is -2.27. The van der Waals surface area contributed by atoms with Gasteiger partial charge in [-0.2, -0.15) is 0 Å². The van der Waals surface area contributed by atoms with E-state index in [4.69, 9.17) is 4.74 Å². The number of hydrogen-bond donors (Lipinski definition) is 1. The Labute approximate surface area is 138 Å². The lowest BCUT2D eigenvalue weighted by atomic mass is 10.1. The molecule has 0 spiro atoms. The number of hydrogen-bond acceptors (Lipinski definition) is 4. The minimum atomic E-state index is -0.461. The molecular weight excluding hydrogens is 310 g/mol. The average molecular weight is 325 g/mol. The lowest BCUT2D eigenvalue weighted by Crippen LogP contribution is -2.43. The molecule has 0 radical (unpaired) electrons. The van der Waals surface area contributed by atoms with Crippen LogP contribution in [-0.4, -0.2) is 24.6 Å². The van der Waals surface area contributed by atoms with Crippen molar-refractivity contribution in [3.05, 3.63) is 70.3 Å². The highest BCUT2D eigenvalue weighted by atomic mass is 16.6. The van der Waals surface area contributed by atoms with E-state index < -0.39 is 4.92 Å². The van der Waals surface area contributed by atoms with Gasteiger partial charge in [0.1, 0.15) is 5.75 Å². The molecule has 0 aliphatic carbocycles. The number of amides is 2. The molecule has 7 nitrogen and oxygen atoms in total. The van der Waals surface area contributed by atoms with Gasteiger partial charge in [0, 0.05) is 41.7 Å². The molecule has 2 aromatic carbocycles. The van der Waals surface area contributed by atoms with Crippen molar-refractivity contribution in [3.8, 4) is 5.75 Å². The molecule has 7 heteroatoms. The zero-order valence-electron chi connectivity index (χ0n) is 12.9. The number of nitrogens with zero attached hydrogens (tertiary/aromatic N) is 2. The monoisotopic (exact) mass is 325 g/mol. The summed E-state index contributed by atoms with van der Waals surface area (Å²) in [6.07, 6.45) is 1.82. The van der Waals surface area contributed by atoms with Crippen LogP contribution in [0.15, 0.2) is 54.6 Å². The van der Waals surface area contributed by atoms with E-state index in [0.717, 1.165) is 0 Å². The molecule has 1 N–H and O–H groups in total. The number of ether oxygens (including phenoxy) is 1. The second-order valence-corrected chi connectivity index (χ2v) is 5.17. The standard InChI is InChI=1S/C17H15N3O4/c1-24-15-7-3-5-13(11-15)19-9-8-16(18-17(19)21)12-4-2-6-14(10-12)20(22)23/h2-8,10-11H,9H2,1H3,(H,18,21). The largest absolute Gasteiger partial charge is 0.497 e. The van der Waals surface area contributed by atoms with Crippen LogP contribution in [0.25, 0.3) is 5.70 Å². The molecule has 0 saturated heterocycles. The Morgan fingerprint density at radius 1 is 1.21 bits per heavy atom. The first-order valence-electron chi connectivity index (χ1n) is 7.26. The number of anilines is 1. The van der Waals surface area contributed by atoms with E-state index in [0.29, 0.717) is 29.2 Å². The van der Waals surface area contributed by atoms with Crippen molar-refractivity contribution < 1.29 is 14.5 Å². The Bertz CT molecular complexity index is 832. The average Bonchev–Trinajstić information content (AvgIpc) is 2.61. The van der Waals surface area contributed by atoms with Crippen LogP contribution < -0.4 is 15.0 Å². The fourth-order valence-electron chi connectivity index (χ4n) is 2.48. The first-order chi connectivity index (χ1) is 11.6. The predicted octanol–water partition coefficient (Wildman–Crippen LogP) is 3.17. The molecule has 0 saturated carbocycles. The van der Waals surface area contributed by atoms with Crippen molar-refractivity contribution >= 4 is 23.1 Å². The number of urea groups is 1. The van der Waals surface area contributed by atoms with E-state index in [2.05, 4.69) is 5.32 Å². The van der Waals surface area contributed by atoms with Gasteiger partial charge in [0.05, 0.1) is 12.0 Å². The van der Waals surface area contributed by atoms with Crippen molar-refractivity contribution in [1.82, 2.24) is 5.32 Å². The zero-order chi connectivity index (χ0) is 17.1. The second kappa shape index (κ2) is 6.41. The molecule has 1 aliphatic rings. The fraction of sp³-hybridized carbons (Fsp3) is 0.118. The molecule has 1 aliphatic heterocycles. The van der Waals surface area contributed by atoms with Crippen LogP contribution in [0.2, 0.25) is 0 Å². The second-order valence-electron chi connectivity index (χ2n) is 5.17. The highest BCUT2D eigenvalue weighted by Crippen LogP contribution is 2.25. The van der Waals surface area contributed by atoms with E-state index in [1.54, 1.807) is 42.3 Å². The minimum absolute atomic E-state index is 0.0159. The van der Waals surface area contributed by atoms with Crippen LogP contribution in [0, 0.1) is 10.1 Å². The SMILES string of the molecule is COc1cccc(N2CC=C(c3cccc([N+](=O)[O-])c3)NC2=O)c1. The van der Waals surface area contributed by atoms with Gasteiger partial charge < -0.3 is 10.1 Å². The van der Waals surface area contributed by atoms with Crippen molar-refractivity contribution in [1.29, 1.82) is 0 Å². The van der Waals surface area contributed by atoms with Crippen molar-refractivity contribution in [2.24, 2.45) is 0 Å². The molecule has 24 heavy (non-hydrogen) atoms. The molecule has 2 aromatic rings. The normalized spacial score (nSPS) is 14.0. The molecule has 1 heterocycles. The zero-order valence-corrected chi connectivity index (χ0v) is 12.9. The topological polar surface area (TPSA) is 84.7 Å². The van der Waals surface area contributed by atoms with E-state index in [1.807, 2.05) is 12.1 Å². The van der Waals surface area contributed by atoms with Gasteiger partial charge in [-0.15, -0.1) is 0 Å². The fourth-order valence-corrected chi connectivity index (χ4v) is 2.48. The molecule has 3 rings (SSSR count). The summed E-state index contributed by atoms with van der Waals surface area (Å²) in [6.45, 7) is 0.358. The van der Waals surface area contributed by atoms with Gasteiger partial charge in [-0.25, -0.2) is 4.79 Å². The van der Waals surface area contributed by atoms with Crippen LogP contribution in [0.5, 0.6) is 5.75 Å². The maximum absolute atomic E-state index is 12.4. The summed E-state index contributed by atoms with van der Waals surface area (Å²) in [5.74, 6) is 0.661. The number of carbonyl (C=O) groups excluding carboxylic acids is 1. The number of rotatable bonds is 4. The quantitative estimate of drug-likeness (QED) is 0.691. The van der Waals surface area contributed by atoms with E-state index in [-0.39, 0.29) is 11.7 Å². The van der Waals surface area contributed by atoms with Gasteiger partial charge in [0.25, 0.3) is 5.69 Å².